The first-order valence-corrected chi connectivity index (χ1v) is 5.76. The molecule has 0 spiro atoms. The van der Waals surface area contributed by atoms with E-state index in [1.165, 1.54) is 0 Å². The molecule has 0 unspecified atom stereocenters. The molecule has 0 saturated heterocycles. The normalized spacial score (nSPS) is 9.94. The fourth-order valence-electron chi connectivity index (χ4n) is 1.34. The first-order valence-electron chi connectivity index (χ1n) is 5.76. The summed E-state index contributed by atoms with van der Waals surface area (Å²) in [5.41, 5.74) is 0. The molecule has 0 radical (unpaired) electrons. The summed E-state index contributed by atoms with van der Waals surface area (Å²) in [5, 5.41) is 2.79. The van der Waals surface area contributed by atoms with Crippen LogP contribution >= 0.6 is 0 Å². The molecular formula is C13H19NO3. The van der Waals surface area contributed by atoms with E-state index in [0.717, 1.165) is 12.2 Å². The van der Waals surface area contributed by atoms with Crippen molar-refractivity contribution in [3.05, 3.63) is 30.3 Å². The van der Waals surface area contributed by atoms with Crippen molar-refractivity contribution >= 4 is 5.91 Å². The molecule has 1 aromatic carbocycles. The maximum atomic E-state index is 11.3. The van der Waals surface area contributed by atoms with Crippen molar-refractivity contribution in [3.63, 3.8) is 0 Å². The van der Waals surface area contributed by atoms with Gasteiger partial charge in [-0.1, -0.05) is 18.2 Å². The van der Waals surface area contributed by atoms with E-state index in [0.29, 0.717) is 26.2 Å². The van der Waals surface area contributed by atoms with Crippen molar-refractivity contribution in [3.8, 4) is 5.75 Å². The molecule has 94 valence electrons. The number of para-hydroxylation sites is 1. The summed E-state index contributed by atoms with van der Waals surface area (Å²) in [6.45, 7) is 1.63. The van der Waals surface area contributed by atoms with Crippen LogP contribution in [0.25, 0.3) is 0 Å². The van der Waals surface area contributed by atoms with E-state index in [1.807, 2.05) is 30.3 Å². The van der Waals surface area contributed by atoms with E-state index in [1.54, 1.807) is 7.11 Å². The van der Waals surface area contributed by atoms with Crippen LogP contribution in [0, 0.1) is 0 Å². The maximum absolute atomic E-state index is 11.3. The number of carbonyl (C=O) groups is 1. The first kappa shape index (κ1) is 13.5. The Hall–Kier alpha value is -1.55. The van der Waals surface area contributed by atoms with Gasteiger partial charge in [-0.2, -0.15) is 0 Å². The third-order valence-electron chi connectivity index (χ3n) is 2.19. The average molecular weight is 237 g/mol. The van der Waals surface area contributed by atoms with E-state index in [-0.39, 0.29) is 5.91 Å². The van der Waals surface area contributed by atoms with E-state index >= 15 is 0 Å². The molecule has 1 N–H and O–H groups in total. The molecule has 4 nitrogen and oxygen atoms in total. The van der Waals surface area contributed by atoms with Gasteiger partial charge in [-0.05, 0) is 18.6 Å². The summed E-state index contributed by atoms with van der Waals surface area (Å²) < 4.78 is 10.3. The summed E-state index contributed by atoms with van der Waals surface area (Å²) in [6.07, 6.45) is 1.25. The molecule has 0 fully saturated rings. The van der Waals surface area contributed by atoms with Gasteiger partial charge in [0.2, 0.25) is 5.91 Å². The molecule has 0 bridgehead atoms. The summed E-state index contributed by atoms with van der Waals surface area (Å²) in [4.78, 5) is 11.3. The summed E-state index contributed by atoms with van der Waals surface area (Å²) in [7, 11) is 1.63. The molecule has 4 heteroatoms. The zero-order valence-corrected chi connectivity index (χ0v) is 10.1. The molecule has 0 aliphatic carbocycles. The van der Waals surface area contributed by atoms with Gasteiger partial charge in [0.25, 0.3) is 0 Å². The van der Waals surface area contributed by atoms with Gasteiger partial charge in [0, 0.05) is 20.1 Å². The van der Waals surface area contributed by atoms with Crippen molar-refractivity contribution in [1.82, 2.24) is 5.32 Å². The number of methoxy groups -OCH3 is 1. The Morgan fingerprint density at radius 2 is 2.00 bits per heavy atom. The van der Waals surface area contributed by atoms with Crippen LogP contribution in [0.3, 0.4) is 0 Å². The maximum Gasteiger partial charge on any atom is 0.220 e. The van der Waals surface area contributed by atoms with Crippen molar-refractivity contribution < 1.29 is 14.3 Å². The number of nitrogens with one attached hydrogen (secondary N) is 1. The Morgan fingerprint density at radius 1 is 1.24 bits per heavy atom. The number of carbonyl (C=O) groups excluding carboxylic acids is 1. The molecular weight excluding hydrogens is 218 g/mol. The van der Waals surface area contributed by atoms with Gasteiger partial charge in [-0.3, -0.25) is 4.79 Å². The number of ether oxygens (including phenoxy) is 2. The smallest absolute Gasteiger partial charge is 0.220 e. The Labute approximate surface area is 102 Å². The summed E-state index contributed by atoms with van der Waals surface area (Å²) in [6, 6.07) is 9.54. The highest BCUT2D eigenvalue weighted by molar-refractivity contribution is 5.75. The van der Waals surface area contributed by atoms with Crippen LogP contribution < -0.4 is 10.1 Å². The van der Waals surface area contributed by atoms with Gasteiger partial charge in [-0.15, -0.1) is 0 Å². The molecule has 0 heterocycles. The first-order chi connectivity index (χ1) is 8.33. The van der Waals surface area contributed by atoms with Gasteiger partial charge in [-0.25, -0.2) is 0 Å². The van der Waals surface area contributed by atoms with Crippen LogP contribution in [0.1, 0.15) is 12.8 Å². The molecule has 1 aromatic rings. The van der Waals surface area contributed by atoms with E-state index in [2.05, 4.69) is 5.32 Å². The average Bonchev–Trinajstić information content (AvgIpc) is 2.36. The van der Waals surface area contributed by atoms with Crippen molar-refractivity contribution in [2.24, 2.45) is 0 Å². The predicted molar refractivity (Wildman–Crippen MR) is 66.1 cm³/mol. The number of benzene rings is 1. The van der Waals surface area contributed by atoms with Gasteiger partial charge >= 0.3 is 0 Å². The van der Waals surface area contributed by atoms with Crippen LogP contribution in [-0.4, -0.2) is 32.8 Å². The minimum atomic E-state index is 0.0405. The van der Waals surface area contributed by atoms with E-state index in [4.69, 9.17) is 9.47 Å². The molecule has 1 rings (SSSR count). The lowest BCUT2D eigenvalue weighted by Crippen LogP contribution is -2.28. The molecule has 0 aliphatic rings. The topological polar surface area (TPSA) is 47.6 Å². The van der Waals surface area contributed by atoms with Crippen LogP contribution in [0.5, 0.6) is 5.75 Å². The number of amides is 1. The van der Waals surface area contributed by atoms with Gasteiger partial charge < -0.3 is 14.8 Å². The second-order valence-corrected chi connectivity index (χ2v) is 3.61. The molecule has 0 atom stereocenters. The Morgan fingerprint density at radius 3 is 2.71 bits per heavy atom. The summed E-state index contributed by atoms with van der Waals surface area (Å²) >= 11 is 0. The molecule has 0 aliphatic heterocycles. The third-order valence-corrected chi connectivity index (χ3v) is 2.19. The van der Waals surface area contributed by atoms with Crippen LogP contribution in [0.2, 0.25) is 0 Å². The lowest BCUT2D eigenvalue weighted by Gasteiger charge is -2.07. The van der Waals surface area contributed by atoms with Gasteiger partial charge in [0.1, 0.15) is 12.4 Å². The highest BCUT2D eigenvalue weighted by Crippen LogP contribution is 2.07. The van der Waals surface area contributed by atoms with Crippen LogP contribution in [0.15, 0.2) is 30.3 Å². The molecule has 17 heavy (non-hydrogen) atoms. The van der Waals surface area contributed by atoms with Crippen LogP contribution in [-0.2, 0) is 9.53 Å². The largest absolute Gasteiger partial charge is 0.492 e. The minimum absolute atomic E-state index is 0.0405. The quantitative estimate of drug-likeness (QED) is 0.699. The lowest BCUT2D eigenvalue weighted by atomic mass is 10.3. The number of rotatable bonds is 8. The number of hydrogen-bond acceptors (Lipinski definition) is 3. The standard InChI is InChI=1S/C13H19NO3/c1-16-10-5-8-13(15)14-9-11-17-12-6-3-2-4-7-12/h2-4,6-7H,5,8-11H2,1H3,(H,14,15). The predicted octanol–water partition coefficient (Wildman–Crippen LogP) is 1.61. The van der Waals surface area contributed by atoms with Crippen molar-refractivity contribution in [1.29, 1.82) is 0 Å². The highest BCUT2D eigenvalue weighted by Gasteiger charge is 1.99. The molecule has 0 saturated carbocycles. The third kappa shape index (κ3) is 6.58. The van der Waals surface area contributed by atoms with Crippen molar-refractivity contribution in [2.75, 3.05) is 26.9 Å². The van der Waals surface area contributed by atoms with E-state index < -0.39 is 0 Å². The highest BCUT2D eigenvalue weighted by atomic mass is 16.5. The Balaban J connectivity index is 2.02. The van der Waals surface area contributed by atoms with Crippen molar-refractivity contribution in [2.45, 2.75) is 12.8 Å². The van der Waals surface area contributed by atoms with Crippen LogP contribution in [0.4, 0.5) is 0 Å². The molecule has 0 aromatic heterocycles. The monoisotopic (exact) mass is 237 g/mol. The van der Waals surface area contributed by atoms with E-state index in [9.17, 15) is 4.79 Å². The number of hydrogen-bond donors (Lipinski definition) is 1. The van der Waals surface area contributed by atoms with Gasteiger partial charge in [0.05, 0.1) is 6.54 Å². The Bertz CT molecular complexity index is 314. The SMILES string of the molecule is COCCCC(=O)NCCOc1ccccc1. The zero-order chi connectivity index (χ0) is 12.3. The minimum Gasteiger partial charge on any atom is -0.492 e. The fraction of sp³-hybridized carbons (Fsp3) is 0.462. The second kappa shape index (κ2) is 8.58. The zero-order valence-electron chi connectivity index (χ0n) is 10.1. The lowest BCUT2D eigenvalue weighted by molar-refractivity contribution is -0.121. The molecule has 1 amide bonds. The second-order valence-electron chi connectivity index (χ2n) is 3.61. The fourth-order valence-corrected chi connectivity index (χ4v) is 1.34. The Kier molecular flexibility index (Phi) is 6.82. The summed E-state index contributed by atoms with van der Waals surface area (Å²) in [5.74, 6) is 0.861. The van der Waals surface area contributed by atoms with Gasteiger partial charge in [0.15, 0.2) is 0 Å².